The molecule has 2 aliphatic rings. The highest BCUT2D eigenvalue weighted by Gasteiger charge is 2.58. The van der Waals surface area contributed by atoms with E-state index in [2.05, 4.69) is 15.0 Å². The van der Waals surface area contributed by atoms with Gasteiger partial charge in [-0.05, 0) is 31.5 Å². The molecule has 11 heteroatoms. The zero-order valence-electron chi connectivity index (χ0n) is 15.9. The minimum Gasteiger partial charge on any atom is -0.386 e. The summed E-state index contributed by atoms with van der Waals surface area (Å²) in [4.78, 5) is 12.4. The van der Waals surface area contributed by atoms with Crippen LogP contribution in [0.3, 0.4) is 0 Å². The van der Waals surface area contributed by atoms with Crippen LogP contribution in [0.2, 0.25) is 10.2 Å². The quantitative estimate of drug-likeness (QED) is 0.606. The monoisotopic (exact) mass is 454 g/mol. The lowest BCUT2D eigenvalue weighted by Gasteiger charge is -2.27. The topological polar surface area (TPSA) is 91.5 Å². The summed E-state index contributed by atoms with van der Waals surface area (Å²) in [6.07, 6.45) is -1.05. The summed E-state index contributed by atoms with van der Waals surface area (Å²) in [5.41, 5.74) is 1.19. The first-order valence-electron chi connectivity index (χ1n) is 9.22. The number of hydrogen-bond acceptors (Lipinski definition) is 7. The molecule has 2 aromatic heterocycles. The zero-order chi connectivity index (χ0) is 21.2. The van der Waals surface area contributed by atoms with Crippen LogP contribution in [0.15, 0.2) is 30.9 Å². The fraction of sp³-hybridized carbons (Fsp3) is 0.421. The fourth-order valence-corrected chi connectivity index (χ4v) is 4.28. The van der Waals surface area contributed by atoms with E-state index in [1.54, 1.807) is 24.5 Å². The van der Waals surface area contributed by atoms with E-state index >= 15 is 0 Å². The van der Waals surface area contributed by atoms with Gasteiger partial charge < -0.3 is 19.3 Å². The van der Waals surface area contributed by atoms with Gasteiger partial charge in [-0.3, -0.25) is 4.57 Å². The van der Waals surface area contributed by atoms with Gasteiger partial charge in [0.1, 0.15) is 42.1 Å². The molecule has 2 aliphatic heterocycles. The van der Waals surface area contributed by atoms with Crippen LogP contribution in [-0.4, -0.2) is 48.7 Å². The number of aliphatic hydroxyl groups is 1. The van der Waals surface area contributed by atoms with Crippen molar-refractivity contribution in [3.05, 3.63) is 52.4 Å². The maximum Gasteiger partial charge on any atom is 0.167 e. The summed E-state index contributed by atoms with van der Waals surface area (Å²) in [7, 11) is 0. The van der Waals surface area contributed by atoms with E-state index in [0.717, 1.165) is 0 Å². The Morgan fingerprint density at radius 3 is 2.70 bits per heavy atom. The summed E-state index contributed by atoms with van der Waals surface area (Å²) in [5.74, 6) is -1.53. The largest absolute Gasteiger partial charge is 0.386 e. The Morgan fingerprint density at radius 1 is 1.17 bits per heavy atom. The number of nitrogens with zero attached hydrogens (tertiary/aromatic N) is 4. The molecule has 2 fully saturated rings. The molecule has 1 N–H and O–H groups in total. The molecule has 0 spiro atoms. The Labute approximate surface area is 180 Å². The van der Waals surface area contributed by atoms with Crippen LogP contribution in [0.1, 0.15) is 31.7 Å². The smallest absolute Gasteiger partial charge is 0.167 e. The summed E-state index contributed by atoms with van der Waals surface area (Å²) in [6.45, 7) is 3.55. The van der Waals surface area contributed by atoms with Crippen LogP contribution in [0.4, 0.5) is 4.39 Å². The van der Waals surface area contributed by atoms with E-state index in [0.29, 0.717) is 16.7 Å². The first-order chi connectivity index (χ1) is 14.2. The number of aromatic nitrogens is 4. The molecule has 1 aromatic carbocycles. The van der Waals surface area contributed by atoms with E-state index in [9.17, 15) is 9.50 Å². The molecule has 30 heavy (non-hydrogen) atoms. The lowest BCUT2D eigenvalue weighted by atomic mass is 9.99. The first-order valence-corrected chi connectivity index (χ1v) is 9.98. The third-order valence-corrected chi connectivity index (χ3v) is 5.83. The summed E-state index contributed by atoms with van der Waals surface area (Å²) < 4.78 is 33.9. The number of rotatable bonds is 3. The Bertz CT molecular complexity index is 1130. The van der Waals surface area contributed by atoms with E-state index in [-0.39, 0.29) is 10.2 Å². The van der Waals surface area contributed by atoms with E-state index in [1.807, 2.05) is 0 Å². The van der Waals surface area contributed by atoms with Crippen molar-refractivity contribution in [2.24, 2.45) is 0 Å². The number of imidazole rings is 1. The Morgan fingerprint density at radius 2 is 1.93 bits per heavy atom. The van der Waals surface area contributed by atoms with Gasteiger partial charge in [0.05, 0.1) is 11.3 Å². The minimum absolute atomic E-state index is 0.0305. The third kappa shape index (κ3) is 3.17. The second-order valence-corrected chi connectivity index (χ2v) is 8.43. The maximum atomic E-state index is 14.0. The molecule has 4 heterocycles. The third-order valence-electron chi connectivity index (χ3n) is 5.25. The van der Waals surface area contributed by atoms with Crippen molar-refractivity contribution in [2.75, 3.05) is 0 Å². The maximum absolute atomic E-state index is 14.0. The van der Waals surface area contributed by atoms with Crippen LogP contribution >= 0.6 is 23.2 Å². The second-order valence-electron chi connectivity index (χ2n) is 7.66. The Kier molecular flexibility index (Phi) is 4.73. The predicted octanol–water partition coefficient (Wildman–Crippen LogP) is 3.42. The molecule has 2 saturated heterocycles. The van der Waals surface area contributed by atoms with E-state index in [1.165, 1.54) is 24.8 Å². The summed E-state index contributed by atoms with van der Waals surface area (Å²) >= 11 is 11.9. The SMILES string of the molecule is CC1(C)O[C@H]2[C@@H](O1)[C@H](n1cnc3c(Cl)ncnc31)O[C@@H]2[C@H](O)c1ccc(Cl)c(F)c1. The number of ether oxygens (including phenoxy) is 3. The molecule has 0 saturated carbocycles. The van der Waals surface area contributed by atoms with Gasteiger partial charge in [0, 0.05) is 0 Å². The van der Waals surface area contributed by atoms with Gasteiger partial charge in [0.15, 0.2) is 22.8 Å². The molecule has 0 amide bonds. The summed E-state index contributed by atoms with van der Waals surface area (Å²) in [5, 5.41) is 11.2. The van der Waals surface area contributed by atoms with Crippen molar-refractivity contribution in [2.45, 2.75) is 50.3 Å². The summed E-state index contributed by atoms with van der Waals surface area (Å²) in [6, 6.07) is 4.11. The van der Waals surface area contributed by atoms with Crippen molar-refractivity contribution < 1.29 is 23.7 Å². The lowest BCUT2D eigenvalue weighted by molar-refractivity contribution is -0.207. The van der Waals surface area contributed by atoms with Gasteiger partial charge >= 0.3 is 0 Å². The van der Waals surface area contributed by atoms with Crippen LogP contribution in [0.5, 0.6) is 0 Å². The van der Waals surface area contributed by atoms with Crippen LogP contribution in [-0.2, 0) is 14.2 Å². The van der Waals surface area contributed by atoms with Gasteiger partial charge in [-0.15, -0.1) is 0 Å². The fourth-order valence-electron chi connectivity index (χ4n) is 3.98. The number of fused-ring (bicyclic) bond motifs is 2. The van der Waals surface area contributed by atoms with Gasteiger partial charge in [-0.1, -0.05) is 29.3 Å². The molecule has 5 atom stereocenters. The number of benzene rings is 1. The number of hydrogen-bond donors (Lipinski definition) is 1. The molecule has 0 unspecified atom stereocenters. The molecular formula is C19H17Cl2FN4O4. The van der Waals surface area contributed by atoms with Crippen LogP contribution in [0.25, 0.3) is 11.2 Å². The van der Waals surface area contributed by atoms with Gasteiger partial charge in [-0.2, -0.15) is 0 Å². The Hall–Kier alpha value is -1.88. The van der Waals surface area contributed by atoms with Crippen LogP contribution < -0.4 is 0 Å². The average Bonchev–Trinajstić information content (AvgIpc) is 3.34. The second kappa shape index (κ2) is 7.08. The standard InChI is InChI=1S/C19H17Cl2FN4O4/c1-19(2)29-14-13(12(27)8-3-4-9(20)10(22)5-8)28-18(15(14)30-19)26-7-25-11-16(21)23-6-24-17(11)26/h3-7,12-15,18,27H,1-2H3/t12-,13-,14-,15-,18-/m1/s1. The van der Waals surface area contributed by atoms with Crippen molar-refractivity contribution >= 4 is 34.4 Å². The van der Waals surface area contributed by atoms with Crippen molar-refractivity contribution in [3.63, 3.8) is 0 Å². The first kappa shape index (κ1) is 20.0. The van der Waals surface area contributed by atoms with Gasteiger partial charge in [-0.25, -0.2) is 19.3 Å². The molecule has 0 aliphatic carbocycles. The van der Waals surface area contributed by atoms with E-state index < -0.39 is 42.2 Å². The molecule has 5 rings (SSSR count). The number of aliphatic hydroxyl groups excluding tert-OH is 1. The van der Waals surface area contributed by atoms with Crippen molar-refractivity contribution in [1.82, 2.24) is 19.5 Å². The normalized spacial score (nSPS) is 28.7. The highest BCUT2D eigenvalue weighted by molar-refractivity contribution is 6.33. The molecule has 3 aromatic rings. The average molecular weight is 455 g/mol. The molecule has 0 radical (unpaired) electrons. The predicted molar refractivity (Wildman–Crippen MR) is 104 cm³/mol. The van der Waals surface area contributed by atoms with Crippen molar-refractivity contribution in [1.29, 1.82) is 0 Å². The van der Waals surface area contributed by atoms with Gasteiger partial charge in [0.2, 0.25) is 0 Å². The van der Waals surface area contributed by atoms with E-state index in [4.69, 9.17) is 37.4 Å². The molecule has 158 valence electrons. The Balaban J connectivity index is 1.54. The number of halogens is 3. The highest BCUT2D eigenvalue weighted by atomic mass is 35.5. The molecular weight excluding hydrogens is 438 g/mol. The van der Waals surface area contributed by atoms with Crippen LogP contribution in [0, 0.1) is 5.82 Å². The van der Waals surface area contributed by atoms with Crippen molar-refractivity contribution in [3.8, 4) is 0 Å². The van der Waals surface area contributed by atoms with Gasteiger partial charge in [0.25, 0.3) is 0 Å². The lowest BCUT2D eigenvalue weighted by Crippen LogP contribution is -2.34. The minimum atomic E-state index is -1.18. The highest BCUT2D eigenvalue weighted by Crippen LogP contribution is 2.47. The zero-order valence-corrected chi connectivity index (χ0v) is 17.4. The molecule has 8 nitrogen and oxygen atoms in total. The molecule has 0 bridgehead atoms.